The van der Waals surface area contributed by atoms with Crippen LogP contribution in [0.4, 0.5) is 0 Å². The van der Waals surface area contributed by atoms with Gasteiger partial charge in [0.05, 0.1) is 11.2 Å². The molecule has 3 N–H and O–H groups in total. The highest BCUT2D eigenvalue weighted by Crippen LogP contribution is 2.09. The molecule has 0 aliphatic heterocycles. The van der Waals surface area contributed by atoms with Gasteiger partial charge in [0, 0.05) is 18.3 Å². The van der Waals surface area contributed by atoms with Crippen LogP contribution in [0, 0.1) is 11.8 Å². The molecular formula is C12H23N3S. The Balaban J connectivity index is 2.09. The average Bonchev–Trinajstić information content (AvgIpc) is 2.74. The molecule has 1 aromatic rings. The summed E-state index contributed by atoms with van der Waals surface area (Å²) in [5, 5.41) is 5.57. The lowest BCUT2D eigenvalue weighted by molar-refractivity contribution is 0.395. The third-order valence-corrected chi connectivity index (χ3v) is 3.25. The zero-order valence-corrected chi connectivity index (χ0v) is 11.1. The van der Waals surface area contributed by atoms with Gasteiger partial charge in [-0.2, -0.15) is 0 Å². The summed E-state index contributed by atoms with van der Waals surface area (Å²) >= 11 is 1.66. The first-order chi connectivity index (χ1) is 7.72. The van der Waals surface area contributed by atoms with Crippen molar-refractivity contribution in [3.8, 4) is 0 Å². The minimum Gasteiger partial charge on any atom is -0.330 e. The minimum absolute atomic E-state index is 0.607. The Labute approximate surface area is 102 Å². The quantitative estimate of drug-likeness (QED) is 0.683. The van der Waals surface area contributed by atoms with E-state index in [1.807, 2.05) is 5.51 Å². The maximum atomic E-state index is 5.75. The molecule has 0 aliphatic rings. The normalized spacial score (nSPS) is 13.2. The zero-order valence-electron chi connectivity index (χ0n) is 10.3. The van der Waals surface area contributed by atoms with E-state index in [2.05, 4.69) is 29.5 Å². The lowest BCUT2D eigenvalue weighted by Gasteiger charge is -2.17. The lowest BCUT2D eigenvalue weighted by atomic mass is 9.97. The van der Waals surface area contributed by atoms with E-state index in [4.69, 9.17) is 5.73 Å². The van der Waals surface area contributed by atoms with E-state index in [0.717, 1.165) is 32.0 Å². The lowest BCUT2D eigenvalue weighted by Crippen LogP contribution is -2.30. The van der Waals surface area contributed by atoms with Crippen molar-refractivity contribution in [2.75, 3.05) is 19.6 Å². The fraction of sp³-hybridized carbons (Fsp3) is 0.750. The third-order valence-electron chi connectivity index (χ3n) is 2.61. The van der Waals surface area contributed by atoms with Gasteiger partial charge in [-0.3, -0.25) is 0 Å². The SMILES string of the molecule is CC(C)CC(CN)CNCCc1cscn1. The van der Waals surface area contributed by atoms with Gasteiger partial charge in [-0.25, -0.2) is 4.98 Å². The molecule has 0 amide bonds. The first-order valence-electron chi connectivity index (χ1n) is 6.00. The van der Waals surface area contributed by atoms with Gasteiger partial charge in [-0.15, -0.1) is 11.3 Å². The maximum Gasteiger partial charge on any atom is 0.0794 e. The molecule has 0 bridgehead atoms. The molecule has 3 nitrogen and oxygen atoms in total. The van der Waals surface area contributed by atoms with Crippen LogP contribution in [0.5, 0.6) is 0 Å². The predicted molar refractivity (Wildman–Crippen MR) is 70.7 cm³/mol. The molecule has 0 fully saturated rings. The van der Waals surface area contributed by atoms with E-state index >= 15 is 0 Å². The van der Waals surface area contributed by atoms with Crippen molar-refractivity contribution in [1.29, 1.82) is 0 Å². The van der Waals surface area contributed by atoms with Crippen LogP contribution < -0.4 is 11.1 Å². The molecule has 0 radical (unpaired) electrons. The molecule has 1 heterocycles. The average molecular weight is 241 g/mol. The van der Waals surface area contributed by atoms with Crippen molar-refractivity contribution in [2.45, 2.75) is 26.7 Å². The molecule has 1 aromatic heterocycles. The molecular weight excluding hydrogens is 218 g/mol. The Bertz CT molecular complexity index is 259. The van der Waals surface area contributed by atoms with Gasteiger partial charge in [0.25, 0.3) is 0 Å². The summed E-state index contributed by atoms with van der Waals surface area (Å²) in [6.07, 6.45) is 2.22. The van der Waals surface area contributed by atoms with Gasteiger partial charge in [0.1, 0.15) is 0 Å². The van der Waals surface area contributed by atoms with E-state index in [1.54, 1.807) is 11.3 Å². The molecule has 92 valence electrons. The van der Waals surface area contributed by atoms with Crippen LogP contribution in [-0.4, -0.2) is 24.6 Å². The second-order valence-corrected chi connectivity index (χ2v) is 5.38. The minimum atomic E-state index is 0.607. The van der Waals surface area contributed by atoms with E-state index in [0.29, 0.717) is 5.92 Å². The third kappa shape index (κ3) is 5.58. The fourth-order valence-electron chi connectivity index (χ4n) is 1.81. The highest BCUT2D eigenvalue weighted by molar-refractivity contribution is 7.07. The second-order valence-electron chi connectivity index (χ2n) is 4.67. The predicted octanol–water partition coefficient (Wildman–Crippen LogP) is 1.90. The van der Waals surface area contributed by atoms with Crippen molar-refractivity contribution >= 4 is 11.3 Å². The topological polar surface area (TPSA) is 50.9 Å². The van der Waals surface area contributed by atoms with Gasteiger partial charge >= 0.3 is 0 Å². The summed E-state index contributed by atoms with van der Waals surface area (Å²) in [6.45, 7) is 7.30. The Morgan fingerprint density at radius 2 is 2.31 bits per heavy atom. The molecule has 1 rings (SSSR count). The van der Waals surface area contributed by atoms with Crippen LogP contribution in [0.3, 0.4) is 0 Å². The molecule has 0 saturated heterocycles. The Hall–Kier alpha value is -0.450. The number of rotatable bonds is 8. The van der Waals surface area contributed by atoms with Crippen molar-refractivity contribution in [3.63, 3.8) is 0 Å². The zero-order chi connectivity index (χ0) is 11.8. The molecule has 0 saturated carbocycles. The number of hydrogen-bond acceptors (Lipinski definition) is 4. The molecule has 1 unspecified atom stereocenters. The number of thiazole rings is 1. The number of nitrogens with one attached hydrogen (secondary N) is 1. The summed E-state index contributed by atoms with van der Waals surface area (Å²) in [4.78, 5) is 4.26. The van der Waals surface area contributed by atoms with Gasteiger partial charge in [0.15, 0.2) is 0 Å². The highest BCUT2D eigenvalue weighted by Gasteiger charge is 2.08. The summed E-state index contributed by atoms with van der Waals surface area (Å²) in [6, 6.07) is 0. The van der Waals surface area contributed by atoms with Crippen LogP contribution in [0.1, 0.15) is 26.0 Å². The Morgan fingerprint density at radius 1 is 1.50 bits per heavy atom. The number of nitrogens with two attached hydrogens (primary N) is 1. The van der Waals surface area contributed by atoms with Crippen LogP contribution in [0.15, 0.2) is 10.9 Å². The van der Waals surface area contributed by atoms with Gasteiger partial charge in [-0.1, -0.05) is 13.8 Å². The van der Waals surface area contributed by atoms with Crippen molar-refractivity contribution in [1.82, 2.24) is 10.3 Å². The maximum absolute atomic E-state index is 5.75. The van der Waals surface area contributed by atoms with Crippen LogP contribution in [0.25, 0.3) is 0 Å². The summed E-state index contributed by atoms with van der Waals surface area (Å²) in [7, 11) is 0. The first kappa shape index (κ1) is 13.6. The number of nitrogens with zero attached hydrogens (tertiary/aromatic N) is 1. The van der Waals surface area contributed by atoms with Crippen LogP contribution in [0.2, 0.25) is 0 Å². The van der Waals surface area contributed by atoms with Gasteiger partial charge in [-0.05, 0) is 31.3 Å². The largest absolute Gasteiger partial charge is 0.330 e. The van der Waals surface area contributed by atoms with Gasteiger partial charge in [0.2, 0.25) is 0 Å². The van der Waals surface area contributed by atoms with Crippen LogP contribution >= 0.6 is 11.3 Å². The molecule has 0 spiro atoms. The Kier molecular flexibility index (Phi) is 6.61. The van der Waals surface area contributed by atoms with E-state index < -0.39 is 0 Å². The number of hydrogen-bond donors (Lipinski definition) is 2. The second kappa shape index (κ2) is 7.76. The van der Waals surface area contributed by atoms with E-state index in [1.165, 1.54) is 12.1 Å². The van der Waals surface area contributed by atoms with Crippen molar-refractivity contribution in [2.24, 2.45) is 17.6 Å². The number of aromatic nitrogens is 1. The monoisotopic (exact) mass is 241 g/mol. The van der Waals surface area contributed by atoms with Crippen molar-refractivity contribution < 1.29 is 0 Å². The summed E-state index contributed by atoms with van der Waals surface area (Å²) in [5.74, 6) is 1.34. The smallest absolute Gasteiger partial charge is 0.0794 e. The molecule has 16 heavy (non-hydrogen) atoms. The standard InChI is InChI=1S/C12H23N3S/c1-10(2)5-11(6-13)7-14-4-3-12-8-16-9-15-12/h8-11,14H,3-7,13H2,1-2H3. The van der Waals surface area contributed by atoms with Crippen LogP contribution in [-0.2, 0) is 6.42 Å². The van der Waals surface area contributed by atoms with Gasteiger partial charge < -0.3 is 11.1 Å². The Morgan fingerprint density at radius 3 is 2.88 bits per heavy atom. The molecule has 4 heteroatoms. The first-order valence-corrected chi connectivity index (χ1v) is 6.94. The van der Waals surface area contributed by atoms with Crippen molar-refractivity contribution in [3.05, 3.63) is 16.6 Å². The molecule has 0 aromatic carbocycles. The summed E-state index contributed by atoms with van der Waals surface area (Å²) < 4.78 is 0. The fourth-order valence-corrected chi connectivity index (χ4v) is 2.41. The molecule has 0 aliphatic carbocycles. The molecule has 1 atom stereocenters. The van der Waals surface area contributed by atoms with E-state index in [9.17, 15) is 0 Å². The van der Waals surface area contributed by atoms with E-state index in [-0.39, 0.29) is 0 Å². The summed E-state index contributed by atoms with van der Waals surface area (Å²) in [5.41, 5.74) is 8.82. The highest BCUT2D eigenvalue weighted by atomic mass is 32.1.